The number of methoxy groups -OCH3 is 1. The molecule has 2 aromatic carbocycles. The Hall–Kier alpha value is -3.07. The Balaban J connectivity index is 2.52. The number of ether oxygens (including phenoxy) is 1. The molecule has 1 N–H and O–H groups in total. The zero-order valence-corrected chi connectivity index (χ0v) is 23.4. The number of carbonyl (C=O) groups is 2. The van der Waals surface area contributed by atoms with E-state index in [2.05, 4.69) is 5.32 Å². The van der Waals surface area contributed by atoms with E-state index in [0.29, 0.717) is 17.9 Å². The van der Waals surface area contributed by atoms with Crippen LogP contribution in [0.3, 0.4) is 0 Å². The summed E-state index contributed by atoms with van der Waals surface area (Å²) in [5, 5.41) is 2.96. The van der Waals surface area contributed by atoms with Gasteiger partial charge >= 0.3 is 0 Å². The number of hydrogen-bond acceptors (Lipinski definition) is 5. The van der Waals surface area contributed by atoms with Crippen LogP contribution in [0.2, 0.25) is 0 Å². The first kappa shape index (κ1) is 29.2. The van der Waals surface area contributed by atoms with Gasteiger partial charge in [0.25, 0.3) is 0 Å². The molecule has 2 amide bonds. The van der Waals surface area contributed by atoms with Crippen LogP contribution in [-0.2, 0) is 26.2 Å². The van der Waals surface area contributed by atoms with Crippen molar-refractivity contribution in [3.05, 3.63) is 59.2 Å². The summed E-state index contributed by atoms with van der Waals surface area (Å²) in [7, 11) is -2.23. The normalized spacial score (nSPS) is 12.6. The Kier molecular flexibility index (Phi) is 9.54. The summed E-state index contributed by atoms with van der Waals surface area (Å²) in [5.41, 5.74) is 2.40. The maximum atomic E-state index is 13.8. The molecule has 8 nitrogen and oxygen atoms in total. The van der Waals surface area contributed by atoms with E-state index >= 15 is 0 Å². The van der Waals surface area contributed by atoms with Gasteiger partial charge in [-0.25, -0.2) is 8.42 Å². The van der Waals surface area contributed by atoms with E-state index in [9.17, 15) is 18.0 Å². The number of aryl methyl sites for hydroxylation is 1. The molecule has 2 rings (SSSR count). The molecular formula is C27H39N3O5S. The van der Waals surface area contributed by atoms with Gasteiger partial charge in [-0.3, -0.25) is 13.9 Å². The van der Waals surface area contributed by atoms with Crippen LogP contribution in [0.15, 0.2) is 42.5 Å². The van der Waals surface area contributed by atoms with Crippen LogP contribution in [-0.4, -0.2) is 56.6 Å². The van der Waals surface area contributed by atoms with Gasteiger partial charge in [0.15, 0.2) is 0 Å². The van der Waals surface area contributed by atoms with Crippen LogP contribution < -0.4 is 14.4 Å². The van der Waals surface area contributed by atoms with Crippen LogP contribution in [0.25, 0.3) is 0 Å². The summed E-state index contributed by atoms with van der Waals surface area (Å²) in [6.07, 6.45) is 1.44. The van der Waals surface area contributed by atoms with E-state index in [1.165, 1.54) is 4.90 Å². The number of rotatable bonds is 10. The number of anilines is 1. The smallest absolute Gasteiger partial charge is 0.244 e. The molecule has 0 bridgehead atoms. The largest absolute Gasteiger partial charge is 0.497 e. The minimum atomic E-state index is -3.79. The second-order valence-corrected chi connectivity index (χ2v) is 11.9. The van der Waals surface area contributed by atoms with Crippen LogP contribution in [0.1, 0.15) is 50.8 Å². The van der Waals surface area contributed by atoms with Crippen LogP contribution >= 0.6 is 0 Å². The maximum Gasteiger partial charge on any atom is 0.244 e. The number of hydrogen-bond donors (Lipinski definition) is 1. The van der Waals surface area contributed by atoms with Gasteiger partial charge in [0.05, 0.1) is 19.1 Å². The molecule has 36 heavy (non-hydrogen) atoms. The average Bonchev–Trinajstić information content (AvgIpc) is 2.77. The fraction of sp³-hybridized carbons (Fsp3) is 0.481. The Morgan fingerprint density at radius 1 is 1.08 bits per heavy atom. The van der Waals surface area contributed by atoms with Crippen LogP contribution in [0.5, 0.6) is 5.75 Å². The molecule has 0 heterocycles. The van der Waals surface area contributed by atoms with Crippen LogP contribution in [0, 0.1) is 13.8 Å². The molecule has 0 aromatic heterocycles. The van der Waals surface area contributed by atoms with Crippen molar-refractivity contribution in [2.75, 3.05) is 24.2 Å². The van der Waals surface area contributed by atoms with Crippen molar-refractivity contribution in [3.63, 3.8) is 0 Å². The minimum absolute atomic E-state index is 0.122. The van der Waals surface area contributed by atoms with Crippen molar-refractivity contribution in [2.45, 2.75) is 66.1 Å². The van der Waals surface area contributed by atoms with Gasteiger partial charge in [0, 0.05) is 12.1 Å². The Bertz CT molecular complexity index is 1190. The zero-order valence-electron chi connectivity index (χ0n) is 22.6. The summed E-state index contributed by atoms with van der Waals surface area (Å²) in [5.74, 6) is -0.140. The molecule has 0 aliphatic heterocycles. The third-order valence-corrected chi connectivity index (χ3v) is 7.02. The van der Waals surface area contributed by atoms with Gasteiger partial charge in [-0.05, 0) is 75.9 Å². The topological polar surface area (TPSA) is 96.0 Å². The van der Waals surface area contributed by atoms with Crippen molar-refractivity contribution < 1.29 is 22.7 Å². The molecule has 0 unspecified atom stereocenters. The SMILES string of the molecule is CC[C@H](C(=O)NC(C)(C)C)N(Cc1cccc(OC)c1)C(=O)CN(c1cccc(C)c1C)S(C)(=O)=O. The van der Waals surface area contributed by atoms with Gasteiger partial charge in [-0.1, -0.05) is 31.2 Å². The summed E-state index contributed by atoms with van der Waals surface area (Å²) in [6, 6.07) is 11.8. The molecule has 0 fully saturated rings. The van der Waals surface area contributed by atoms with Crippen molar-refractivity contribution in [1.29, 1.82) is 0 Å². The van der Waals surface area contributed by atoms with Gasteiger partial charge in [-0.15, -0.1) is 0 Å². The minimum Gasteiger partial charge on any atom is -0.497 e. The highest BCUT2D eigenvalue weighted by molar-refractivity contribution is 7.92. The first-order valence-corrected chi connectivity index (χ1v) is 13.8. The molecule has 0 aliphatic carbocycles. The quantitative estimate of drug-likeness (QED) is 0.517. The first-order chi connectivity index (χ1) is 16.7. The maximum absolute atomic E-state index is 13.8. The monoisotopic (exact) mass is 517 g/mol. The molecule has 0 aliphatic rings. The summed E-state index contributed by atoms with van der Waals surface area (Å²) in [4.78, 5) is 28.5. The number of benzene rings is 2. The Morgan fingerprint density at radius 3 is 2.28 bits per heavy atom. The number of nitrogens with zero attached hydrogens (tertiary/aromatic N) is 2. The van der Waals surface area contributed by atoms with Crippen molar-refractivity contribution >= 4 is 27.5 Å². The molecule has 0 saturated carbocycles. The highest BCUT2D eigenvalue weighted by Gasteiger charge is 2.33. The van der Waals surface area contributed by atoms with E-state index in [1.54, 1.807) is 31.4 Å². The van der Waals surface area contributed by atoms with Gasteiger partial charge in [-0.2, -0.15) is 0 Å². The Labute approximate surface area is 215 Å². The second-order valence-electron chi connectivity index (χ2n) is 10.0. The number of carbonyl (C=O) groups excluding carboxylic acids is 2. The van der Waals surface area contributed by atoms with Crippen molar-refractivity contribution in [2.24, 2.45) is 0 Å². The molecule has 2 aromatic rings. The van der Waals surface area contributed by atoms with E-state index in [1.807, 2.05) is 59.7 Å². The lowest BCUT2D eigenvalue weighted by atomic mass is 10.1. The van der Waals surface area contributed by atoms with E-state index < -0.39 is 34.1 Å². The number of sulfonamides is 1. The second kappa shape index (κ2) is 11.8. The highest BCUT2D eigenvalue weighted by atomic mass is 32.2. The molecule has 0 saturated heterocycles. The third-order valence-electron chi connectivity index (χ3n) is 5.90. The summed E-state index contributed by atoms with van der Waals surface area (Å²) < 4.78 is 32.1. The van der Waals surface area contributed by atoms with Crippen molar-refractivity contribution in [3.8, 4) is 5.75 Å². The third kappa shape index (κ3) is 7.71. The first-order valence-electron chi connectivity index (χ1n) is 12.0. The summed E-state index contributed by atoms with van der Waals surface area (Å²) >= 11 is 0. The zero-order chi connectivity index (χ0) is 27.3. The molecule has 0 radical (unpaired) electrons. The summed E-state index contributed by atoms with van der Waals surface area (Å²) in [6.45, 7) is 10.9. The molecular weight excluding hydrogens is 478 g/mol. The molecule has 0 spiro atoms. The van der Waals surface area contributed by atoms with Gasteiger partial charge < -0.3 is 15.0 Å². The lowest BCUT2D eigenvalue weighted by Gasteiger charge is -2.34. The predicted molar refractivity (Wildman–Crippen MR) is 144 cm³/mol. The van der Waals surface area contributed by atoms with Crippen LogP contribution in [0.4, 0.5) is 5.69 Å². The van der Waals surface area contributed by atoms with Gasteiger partial charge in [0.2, 0.25) is 21.8 Å². The van der Waals surface area contributed by atoms with Gasteiger partial charge in [0.1, 0.15) is 18.3 Å². The number of amides is 2. The predicted octanol–water partition coefficient (Wildman–Crippen LogP) is 3.80. The lowest BCUT2D eigenvalue weighted by Crippen LogP contribution is -2.55. The number of nitrogens with one attached hydrogen (secondary N) is 1. The lowest BCUT2D eigenvalue weighted by molar-refractivity contribution is -0.141. The fourth-order valence-electron chi connectivity index (χ4n) is 3.94. The van der Waals surface area contributed by atoms with E-state index in [0.717, 1.165) is 27.3 Å². The molecule has 1 atom stereocenters. The highest BCUT2D eigenvalue weighted by Crippen LogP contribution is 2.26. The molecule has 198 valence electrons. The standard InChI is InChI=1S/C27H39N3O5S/c1-9-23(26(32)28-27(4,5)6)29(17-21-13-11-14-22(16-21)35-7)25(31)18-30(36(8,33)34)24-15-10-12-19(2)20(24)3/h10-16,23H,9,17-18H2,1-8H3,(H,28,32)/t23-/m1/s1. The average molecular weight is 518 g/mol. The Morgan fingerprint density at radius 2 is 1.72 bits per heavy atom. The molecule has 9 heteroatoms. The fourth-order valence-corrected chi connectivity index (χ4v) is 4.84. The van der Waals surface area contributed by atoms with E-state index in [4.69, 9.17) is 4.74 Å². The van der Waals surface area contributed by atoms with Crippen molar-refractivity contribution in [1.82, 2.24) is 10.2 Å². The van der Waals surface area contributed by atoms with E-state index in [-0.39, 0.29) is 12.5 Å².